The number of hydrogen-bond donors (Lipinski definition) is 1. The van der Waals surface area contributed by atoms with E-state index in [0.717, 1.165) is 12.8 Å². The van der Waals surface area contributed by atoms with Crippen LogP contribution in [0.1, 0.15) is 60.8 Å². The van der Waals surface area contributed by atoms with Gasteiger partial charge >= 0.3 is 5.97 Å². The third-order valence-electron chi connectivity index (χ3n) is 2.69. The minimum Gasteiger partial charge on any atom is -0.456 e. The second-order valence-electron chi connectivity index (χ2n) is 5.79. The Kier molecular flexibility index (Phi) is 5.89. The fraction of sp³-hybridized carbons (Fsp3) is 0.786. The van der Waals surface area contributed by atoms with Crippen molar-refractivity contribution in [2.24, 2.45) is 0 Å². The third-order valence-corrected chi connectivity index (χ3v) is 2.69. The van der Waals surface area contributed by atoms with Gasteiger partial charge in [0.2, 0.25) is 0 Å². The first kappa shape index (κ1) is 16.2. The van der Waals surface area contributed by atoms with Crippen molar-refractivity contribution in [2.75, 3.05) is 0 Å². The Morgan fingerprint density at radius 1 is 1.24 bits per heavy atom. The van der Waals surface area contributed by atoms with Crippen molar-refractivity contribution in [3.63, 3.8) is 0 Å². The fourth-order valence-electron chi connectivity index (χ4n) is 1.45. The summed E-state index contributed by atoms with van der Waals surface area (Å²) in [6.07, 6.45) is 4.03. The van der Waals surface area contributed by atoms with Crippen molar-refractivity contribution in [1.29, 1.82) is 0 Å². The molecule has 0 saturated heterocycles. The molecule has 0 aromatic rings. The molecule has 0 atom stereocenters. The molecule has 17 heavy (non-hydrogen) atoms. The molecule has 3 heteroatoms. The minimum atomic E-state index is -0.653. The highest BCUT2D eigenvalue weighted by atomic mass is 16.6. The van der Waals surface area contributed by atoms with Crippen molar-refractivity contribution in [3.05, 3.63) is 11.6 Å². The normalized spacial score (nSPS) is 13.7. The fourth-order valence-corrected chi connectivity index (χ4v) is 1.45. The van der Waals surface area contributed by atoms with Crippen LogP contribution in [0.15, 0.2) is 11.6 Å². The van der Waals surface area contributed by atoms with Crippen LogP contribution in [0.5, 0.6) is 0 Å². The first-order chi connectivity index (χ1) is 7.57. The van der Waals surface area contributed by atoms with Crippen LogP contribution >= 0.6 is 0 Å². The number of allylic oxidation sites excluding steroid dienone is 1. The molecule has 0 radical (unpaired) electrons. The van der Waals surface area contributed by atoms with E-state index >= 15 is 0 Å². The summed E-state index contributed by atoms with van der Waals surface area (Å²) in [6.45, 7) is 10.9. The molecule has 100 valence electrons. The summed E-state index contributed by atoms with van der Waals surface area (Å²) in [7, 11) is 0. The lowest BCUT2D eigenvalue weighted by Crippen LogP contribution is -2.29. The summed E-state index contributed by atoms with van der Waals surface area (Å²) >= 11 is 0. The first-order valence-corrected chi connectivity index (χ1v) is 6.16. The highest BCUT2D eigenvalue weighted by Gasteiger charge is 2.24. The summed E-state index contributed by atoms with van der Waals surface area (Å²) in [5, 5.41) is 9.61. The lowest BCUT2D eigenvalue weighted by Gasteiger charge is -2.26. The van der Waals surface area contributed by atoms with Gasteiger partial charge in [0, 0.05) is 5.57 Å². The van der Waals surface area contributed by atoms with Gasteiger partial charge in [-0.2, -0.15) is 0 Å². The molecular formula is C14H26O3. The van der Waals surface area contributed by atoms with Crippen LogP contribution in [0.2, 0.25) is 0 Å². The van der Waals surface area contributed by atoms with Crippen LogP contribution in [0.25, 0.3) is 0 Å². The van der Waals surface area contributed by atoms with Gasteiger partial charge < -0.3 is 9.84 Å². The Bertz CT molecular complexity index is 282. The molecule has 0 bridgehead atoms. The smallest absolute Gasteiger partial charge is 0.333 e. The van der Waals surface area contributed by atoms with E-state index in [2.05, 4.69) is 0 Å². The molecule has 0 spiro atoms. The van der Waals surface area contributed by atoms with Crippen LogP contribution in [-0.4, -0.2) is 22.3 Å². The minimum absolute atomic E-state index is 0.263. The number of esters is 1. The maximum Gasteiger partial charge on any atom is 0.333 e. The number of carbonyl (C=O) groups excluding carboxylic acids is 1. The number of aliphatic hydroxyl groups is 1. The average molecular weight is 242 g/mol. The van der Waals surface area contributed by atoms with Gasteiger partial charge in [-0.1, -0.05) is 6.08 Å². The van der Waals surface area contributed by atoms with Crippen LogP contribution in [-0.2, 0) is 9.53 Å². The van der Waals surface area contributed by atoms with Crippen molar-refractivity contribution in [2.45, 2.75) is 72.0 Å². The quantitative estimate of drug-likeness (QED) is 0.574. The van der Waals surface area contributed by atoms with Gasteiger partial charge in [-0.3, -0.25) is 0 Å². The Hall–Kier alpha value is -0.830. The Balaban J connectivity index is 4.17. The maximum absolute atomic E-state index is 11.6. The molecule has 3 nitrogen and oxygen atoms in total. The van der Waals surface area contributed by atoms with E-state index in [9.17, 15) is 9.90 Å². The molecule has 0 aromatic heterocycles. The Labute approximate surface area is 105 Å². The van der Waals surface area contributed by atoms with E-state index in [1.54, 1.807) is 26.8 Å². The van der Waals surface area contributed by atoms with Crippen LogP contribution in [0.4, 0.5) is 0 Å². The van der Waals surface area contributed by atoms with E-state index in [1.807, 2.05) is 20.8 Å². The molecule has 1 N–H and O–H groups in total. The lowest BCUT2D eigenvalue weighted by molar-refractivity contribution is -0.152. The van der Waals surface area contributed by atoms with Crippen LogP contribution < -0.4 is 0 Å². The predicted octanol–water partition coefficient (Wildman–Crippen LogP) is 3.22. The number of ether oxygens (including phenoxy) is 1. The maximum atomic E-state index is 11.6. The van der Waals surface area contributed by atoms with Crippen molar-refractivity contribution < 1.29 is 14.6 Å². The largest absolute Gasteiger partial charge is 0.456 e. The van der Waals surface area contributed by atoms with E-state index in [1.165, 1.54) is 0 Å². The van der Waals surface area contributed by atoms with E-state index in [-0.39, 0.29) is 5.97 Å². The Morgan fingerprint density at radius 2 is 1.76 bits per heavy atom. The van der Waals surface area contributed by atoms with Gasteiger partial charge in [0.1, 0.15) is 5.60 Å². The third kappa shape index (κ3) is 7.97. The van der Waals surface area contributed by atoms with Gasteiger partial charge in [0.15, 0.2) is 0 Å². The molecule has 0 aliphatic rings. The second-order valence-corrected chi connectivity index (χ2v) is 5.79. The second kappa shape index (κ2) is 6.20. The van der Waals surface area contributed by atoms with E-state index < -0.39 is 11.2 Å². The van der Waals surface area contributed by atoms with Crippen LogP contribution in [0, 0.1) is 0 Å². The van der Waals surface area contributed by atoms with E-state index in [4.69, 9.17) is 4.74 Å². The zero-order valence-electron chi connectivity index (χ0n) is 12.0. The molecule has 0 unspecified atom stereocenters. The van der Waals surface area contributed by atoms with Gasteiger partial charge in [-0.15, -0.1) is 0 Å². The van der Waals surface area contributed by atoms with Gasteiger partial charge in [0.05, 0.1) is 5.60 Å². The number of carbonyl (C=O) groups is 1. The average Bonchev–Trinajstić information content (AvgIpc) is 2.13. The molecule has 0 aliphatic carbocycles. The SMILES string of the molecule is CC=C(C)C(=O)OC(C)(C)CCCC(C)(C)O. The summed E-state index contributed by atoms with van der Waals surface area (Å²) in [4.78, 5) is 11.6. The van der Waals surface area contributed by atoms with Crippen molar-refractivity contribution >= 4 is 5.97 Å². The zero-order chi connectivity index (χ0) is 13.7. The first-order valence-electron chi connectivity index (χ1n) is 6.16. The molecule has 0 amide bonds. The molecule has 0 aliphatic heterocycles. The molecule has 0 fully saturated rings. The van der Waals surface area contributed by atoms with E-state index in [0.29, 0.717) is 12.0 Å². The van der Waals surface area contributed by atoms with Gasteiger partial charge in [0.25, 0.3) is 0 Å². The monoisotopic (exact) mass is 242 g/mol. The van der Waals surface area contributed by atoms with Crippen molar-refractivity contribution in [1.82, 2.24) is 0 Å². The summed E-state index contributed by atoms with van der Waals surface area (Å²) in [5.41, 5.74) is -0.507. The molecule has 0 rings (SSSR count). The highest BCUT2D eigenvalue weighted by Crippen LogP contribution is 2.22. The summed E-state index contributed by atoms with van der Waals surface area (Å²) < 4.78 is 5.42. The summed E-state index contributed by atoms with van der Waals surface area (Å²) in [6, 6.07) is 0. The molecule has 0 saturated carbocycles. The van der Waals surface area contributed by atoms with Gasteiger partial charge in [-0.25, -0.2) is 4.79 Å². The number of hydrogen-bond acceptors (Lipinski definition) is 3. The van der Waals surface area contributed by atoms with Crippen LogP contribution in [0.3, 0.4) is 0 Å². The standard InChI is InChI=1S/C14H26O3/c1-7-11(2)12(15)17-14(5,6)10-8-9-13(3,4)16/h7,16H,8-10H2,1-6H3. The zero-order valence-corrected chi connectivity index (χ0v) is 12.0. The Morgan fingerprint density at radius 3 is 2.18 bits per heavy atom. The number of rotatable bonds is 6. The molecule has 0 heterocycles. The predicted molar refractivity (Wildman–Crippen MR) is 69.8 cm³/mol. The lowest BCUT2D eigenvalue weighted by atomic mass is 9.95. The topological polar surface area (TPSA) is 46.5 Å². The molecular weight excluding hydrogens is 216 g/mol. The van der Waals surface area contributed by atoms with Gasteiger partial charge in [-0.05, 0) is 60.8 Å². The highest BCUT2D eigenvalue weighted by molar-refractivity contribution is 5.87. The molecule has 0 aromatic carbocycles. The summed E-state index contributed by atoms with van der Waals surface area (Å²) in [5.74, 6) is -0.263. The van der Waals surface area contributed by atoms with Crippen molar-refractivity contribution in [3.8, 4) is 0 Å².